The topological polar surface area (TPSA) is 21.5 Å². The van der Waals surface area contributed by atoms with Crippen LogP contribution in [-0.2, 0) is 11.2 Å². The first-order valence-corrected chi connectivity index (χ1v) is 7.57. The number of carbonyl (C=O) groups excluding carboxylic acids is 1. The molecule has 0 aliphatic carbocycles. The lowest BCUT2D eigenvalue weighted by molar-refractivity contribution is -0.857. The van der Waals surface area contributed by atoms with E-state index in [1.54, 1.807) is 0 Å². The van der Waals surface area contributed by atoms with E-state index in [1.165, 1.54) is 10.5 Å². The first kappa shape index (κ1) is 15.5. The van der Waals surface area contributed by atoms with Crippen LogP contribution in [0.4, 0.5) is 0 Å². The monoisotopic (exact) mass is 282 g/mol. The molecule has 2 heteroatoms. The lowest BCUT2D eigenvalue weighted by Gasteiger charge is -2.17. The van der Waals surface area contributed by atoms with E-state index in [0.29, 0.717) is 12.2 Å². The quantitative estimate of drug-likeness (QED) is 0.825. The van der Waals surface area contributed by atoms with Crippen LogP contribution in [0.3, 0.4) is 0 Å². The molecule has 21 heavy (non-hydrogen) atoms. The Morgan fingerprint density at radius 3 is 2.10 bits per heavy atom. The molecule has 0 saturated heterocycles. The van der Waals surface area contributed by atoms with Crippen LogP contribution in [0, 0.1) is 0 Å². The van der Waals surface area contributed by atoms with Crippen molar-refractivity contribution < 1.29 is 9.69 Å². The summed E-state index contributed by atoms with van der Waals surface area (Å²) in [6.07, 6.45) is 1.42. The molecule has 2 aromatic carbocycles. The third-order valence-corrected chi connectivity index (χ3v) is 3.74. The molecule has 0 saturated carbocycles. The summed E-state index contributed by atoms with van der Waals surface area (Å²) >= 11 is 0. The van der Waals surface area contributed by atoms with Gasteiger partial charge in [0.1, 0.15) is 5.78 Å². The molecule has 0 radical (unpaired) electrons. The zero-order valence-electron chi connectivity index (χ0n) is 12.9. The third-order valence-electron chi connectivity index (χ3n) is 3.74. The Kier molecular flexibility index (Phi) is 5.70. The number of hydrogen-bond donors (Lipinski definition) is 1. The van der Waals surface area contributed by atoms with Gasteiger partial charge in [0.15, 0.2) is 0 Å². The minimum absolute atomic E-state index is 0.0343. The van der Waals surface area contributed by atoms with Crippen molar-refractivity contribution in [1.82, 2.24) is 0 Å². The number of carbonyl (C=O) groups is 1. The number of rotatable bonds is 7. The second-order valence-electron chi connectivity index (χ2n) is 5.83. The van der Waals surface area contributed by atoms with Gasteiger partial charge in [0.05, 0.1) is 27.1 Å². The fourth-order valence-electron chi connectivity index (χ4n) is 2.50. The van der Waals surface area contributed by atoms with E-state index in [4.69, 9.17) is 0 Å². The van der Waals surface area contributed by atoms with Gasteiger partial charge in [0.2, 0.25) is 0 Å². The van der Waals surface area contributed by atoms with E-state index in [-0.39, 0.29) is 5.92 Å². The Balaban J connectivity index is 2.16. The SMILES string of the molecule is C[NH+](C)CCC(=O)[C@H](Cc1ccccc1)c1ccccc1. The second-order valence-corrected chi connectivity index (χ2v) is 5.83. The summed E-state index contributed by atoms with van der Waals surface area (Å²) < 4.78 is 0. The molecule has 2 rings (SSSR count). The highest BCUT2D eigenvalue weighted by molar-refractivity contribution is 5.86. The Labute approximate surface area is 127 Å². The number of hydrogen-bond acceptors (Lipinski definition) is 1. The van der Waals surface area contributed by atoms with Crippen molar-refractivity contribution in [2.24, 2.45) is 0 Å². The summed E-state index contributed by atoms with van der Waals surface area (Å²) in [6, 6.07) is 20.4. The van der Waals surface area contributed by atoms with E-state index in [2.05, 4.69) is 38.4 Å². The fraction of sp³-hybridized carbons (Fsp3) is 0.316. The summed E-state index contributed by atoms with van der Waals surface area (Å²) in [6.45, 7) is 0.886. The first-order valence-electron chi connectivity index (χ1n) is 7.57. The van der Waals surface area contributed by atoms with E-state index >= 15 is 0 Å². The maximum atomic E-state index is 12.6. The molecule has 0 unspecified atom stereocenters. The molecule has 0 aromatic heterocycles. The molecule has 2 nitrogen and oxygen atoms in total. The van der Waals surface area contributed by atoms with Gasteiger partial charge >= 0.3 is 0 Å². The number of quaternary nitrogens is 1. The minimum atomic E-state index is -0.0343. The third kappa shape index (κ3) is 4.83. The molecule has 0 spiro atoms. The van der Waals surface area contributed by atoms with Crippen LogP contribution in [0.25, 0.3) is 0 Å². The van der Waals surface area contributed by atoms with Crippen LogP contribution in [0.1, 0.15) is 23.5 Å². The van der Waals surface area contributed by atoms with E-state index in [0.717, 1.165) is 18.5 Å². The van der Waals surface area contributed by atoms with Crippen LogP contribution in [-0.4, -0.2) is 26.4 Å². The molecule has 1 atom stereocenters. The van der Waals surface area contributed by atoms with E-state index in [1.807, 2.05) is 36.4 Å². The number of nitrogens with one attached hydrogen (secondary N) is 1. The smallest absolute Gasteiger partial charge is 0.146 e. The average Bonchev–Trinajstić information content (AvgIpc) is 2.52. The molecular formula is C19H24NO+. The first-order chi connectivity index (χ1) is 10.2. The molecule has 0 bridgehead atoms. The van der Waals surface area contributed by atoms with Crippen LogP contribution in [0.5, 0.6) is 0 Å². The Morgan fingerprint density at radius 2 is 1.52 bits per heavy atom. The van der Waals surface area contributed by atoms with Crippen LogP contribution in [0.15, 0.2) is 60.7 Å². The molecule has 0 fully saturated rings. The molecule has 0 amide bonds. The van der Waals surface area contributed by atoms with Gasteiger partial charge in [-0.25, -0.2) is 0 Å². The van der Waals surface area contributed by atoms with Gasteiger partial charge in [-0.2, -0.15) is 0 Å². The number of benzene rings is 2. The van der Waals surface area contributed by atoms with Crippen molar-refractivity contribution in [3.05, 3.63) is 71.8 Å². The van der Waals surface area contributed by atoms with Crippen molar-refractivity contribution in [3.8, 4) is 0 Å². The summed E-state index contributed by atoms with van der Waals surface area (Å²) in [5.74, 6) is 0.305. The largest absolute Gasteiger partial charge is 0.339 e. The molecule has 2 aromatic rings. The Bertz CT molecular complexity index is 548. The lowest BCUT2D eigenvalue weighted by Crippen LogP contribution is -3.05. The van der Waals surface area contributed by atoms with Crippen molar-refractivity contribution >= 4 is 5.78 Å². The van der Waals surface area contributed by atoms with Crippen molar-refractivity contribution in [2.45, 2.75) is 18.8 Å². The standard InChI is InChI=1S/C19H23NO/c1-20(2)14-13-19(21)18(17-11-7-4-8-12-17)15-16-9-5-3-6-10-16/h3-12,18H,13-15H2,1-2H3/p+1/t18-/m1/s1. The fourth-order valence-corrected chi connectivity index (χ4v) is 2.50. The maximum Gasteiger partial charge on any atom is 0.146 e. The lowest BCUT2D eigenvalue weighted by atomic mass is 9.87. The van der Waals surface area contributed by atoms with Gasteiger partial charge in [-0.1, -0.05) is 60.7 Å². The van der Waals surface area contributed by atoms with Gasteiger partial charge in [0.25, 0.3) is 0 Å². The van der Waals surface area contributed by atoms with Crippen LogP contribution >= 0.6 is 0 Å². The van der Waals surface area contributed by atoms with E-state index < -0.39 is 0 Å². The summed E-state index contributed by atoms with van der Waals surface area (Å²) in [5, 5.41) is 0. The number of ketones is 1. The zero-order valence-corrected chi connectivity index (χ0v) is 12.9. The highest BCUT2D eigenvalue weighted by Crippen LogP contribution is 2.23. The zero-order chi connectivity index (χ0) is 15.1. The maximum absolute atomic E-state index is 12.6. The van der Waals surface area contributed by atoms with Gasteiger partial charge in [-0.05, 0) is 17.5 Å². The Hall–Kier alpha value is -1.93. The Morgan fingerprint density at radius 1 is 0.952 bits per heavy atom. The normalized spacial score (nSPS) is 12.3. The number of Topliss-reactive ketones (excluding diaryl/α,β-unsaturated/α-hetero) is 1. The van der Waals surface area contributed by atoms with Gasteiger partial charge < -0.3 is 4.90 Å². The highest BCUT2D eigenvalue weighted by atomic mass is 16.1. The molecule has 0 aliphatic rings. The second kappa shape index (κ2) is 7.75. The van der Waals surface area contributed by atoms with Crippen LogP contribution in [0.2, 0.25) is 0 Å². The summed E-state index contributed by atoms with van der Waals surface area (Å²) in [7, 11) is 4.17. The van der Waals surface area contributed by atoms with Gasteiger partial charge in [-0.3, -0.25) is 4.79 Å². The summed E-state index contributed by atoms with van der Waals surface area (Å²) in [4.78, 5) is 14.0. The summed E-state index contributed by atoms with van der Waals surface area (Å²) in [5.41, 5.74) is 2.34. The van der Waals surface area contributed by atoms with Gasteiger partial charge in [-0.15, -0.1) is 0 Å². The minimum Gasteiger partial charge on any atom is -0.339 e. The molecule has 0 aliphatic heterocycles. The molecule has 110 valence electrons. The van der Waals surface area contributed by atoms with Crippen molar-refractivity contribution in [2.75, 3.05) is 20.6 Å². The average molecular weight is 282 g/mol. The molecule has 0 heterocycles. The van der Waals surface area contributed by atoms with Crippen LogP contribution < -0.4 is 4.90 Å². The van der Waals surface area contributed by atoms with Crippen molar-refractivity contribution in [3.63, 3.8) is 0 Å². The predicted molar refractivity (Wildman–Crippen MR) is 86.6 cm³/mol. The molecular weight excluding hydrogens is 258 g/mol. The van der Waals surface area contributed by atoms with Crippen molar-refractivity contribution in [1.29, 1.82) is 0 Å². The van der Waals surface area contributed by atoms with Gasteiger partial charge in [0, 0.05) is 5.92 Å². The highest BCUT2D eigenvalue weighted by Gasteiger charge is 2.21. The van der Waals surface area contributed by atoms with E-state index in [9.17, 15) is 4.79 Å². The molecule has 1 N–H and O–H groups in total. The predicted octanol–water partition coefficient (Wildman–Crippen LogP) is 2.12.